The molecule has 9 nitrogen and oxygen atoms in total. The van der Waals surface area contributed by atoms with Crippen LogP contribution in [-0.4, -0.2) is 64.6 Å². The third-order valence-corrected chi connectivity index (χ3v) is 8.32. The summed E-state index contributed by atoms with van der Waals surface area (Å²) in [7, 11) is 1.63. The van der Waals surface area contributed by atoms with Crippen LogP contribution in [0.3, 0.4) is 0 Å². The highest BCUT2D eigenvalue weighted by Crippen LogP contribution is 2.37. The van der Waals surface area contributed by atoms with Gasteiger partial charge in [-0.3, -0.25) is 23.9 Å². The van der Waals surface area contributed by atoms with Crippen LogP contribution in [0.2, 0.25) is 0 Å². The number of pyridine rings is 1. The number of nitriles is 1. The molecule has 0 aliphatic carbocycles. The molecule has 0 saturated carbocycles. The van der Waals surface area contributed by atoms with E-state index in [0.717, 1.165) is 12.8 Å². The lowest BCUT2D eigenvalue weighted by molar-refractivity contribution is -0.148. The lowest BCUT2D eigenvalue weighted by Gasteiger charge is -2.35. The van der Waals surface area contributed by atoms with E-state index in [1.165, 1.54) is 16.3 Å². The summed E-state index contributed by atoms with van der Waals surface area (Å²) in [5.74, 6) is 0.0508. The second kappa shape index (κ2) is 11.2. The van der Waals surface area contributed by atoms with Crippen molar-refractivity contribution in [1.82, 2.24) is 9.47 Å². The van der Waals surface area contributed by atoms with Crippen molar-refractivity contribution in [1.29, 1.82) is 5.26 Å². The summed E-state index contributed by atoms with van der Waals surface area (Å²) in [5, 5.41) is 9.69. The van der Waals surface area contributed by atoms with E-state index in [0.29, 0.717) is 71.9 Å². The molecule has 36 heavy (non-hydrogen) atoms. The number of aromatic nitrogens is 1. The molecule has 1 atom stereocenters. The number of nitrogens with zero attached hydrogens (tertiary/aromatic N) is 4. The first-order chi connectivity index (χ1) is 17.3. The first kappa shape index (κ1) is 26.4. The van der Waals surface area contributed by atoms with E-state index < -0.39 is 0 Å². The molecule has 192 valence electrons. The van der Waals surface area contributed by atoms with Crippen molar-refractivity contribution in [2.45, 2.75) is 45.6 Å². The molecule has 4 rings (SSSR count). The van der Waals surface area contributed by atoms with Crippen molar-refractivity contribution in [3.8, 4) is 6.07 Å². The topological polar surface area (TPSA) is 105 Å². The largest absolute Gasteiger partial charge is 0.466 e. The maximum Gasteiger partial charge on any atom is 0.309 e. The smallest absolute Gasteiger partial charge is 0.309 e. The monoisotopic (exact) mass is 530 g/mol. The van der Waals surface area contributed by atoms with Gasteiger partial charge in [0.1, 0.15) is 21.8 Å². The van der Waals surface area contributed by atoms with Gasteiger partial charge in [0.15, 0.2) is 0 Å². The number of anilines is 1. The molecule has 11 heteroatoms. The zero-order valence-corrected chi connectivity index (χ0v) is 22.4. The minimum atomic E-state index is -0.388. The van der Waals surface area contributed by atoms with Crippen molar-refractivity contribution in [3.63, 3.8) is 0 Å². The average Bonchev–Trinajstić information content (AvgIpc) is 3.47. The fraction of sp³-hybridized carbons (Fsp3) is 0.560. The maximum atomic E-state index is 13.3. The quantitative estimate of drug-likeness (QED) is 0.312. The zero-order valence-electron chi connectivity index (χ0n) is 20.7. The van der Waals surface area contributed by atoms with Gasteiger partial charge in [-0.2, -0.15) is 5.26 Å². The first-order valence-electron chi connectivity index (χ1n) is 12.2. The van der Waals surface area contributed by atoms with Crippen molar-refractivity contribution in [2.75, 3.05) is 37.7 Å². The SMILES string of the molecule is CCOC(=O)C1CCN(c2c(C=C3SC(=S)N(CC4CCCO4)C3=O)c(C)c(C#N)c(=O)n2C)CC1. The number of hydrogen-bond donors (Lipinski definition) is 0. The predicted octanol–water partition coefficient (Wildman–Crippen LogP) is 2.73. The van der Waals surface area contributed by atoms with Gasteiger partial charge in [-0.1, -0.05) is 24.0 Å². The standard InChI is InChI=1S/C25H30N4O5S2/c1-4-33-24(32)16-7-9-28(10-8-16)21-18(15(2)19(13-26)22(30)27(21)3)12-20-23(31)29(25(35)36-20)14-17-6-5-11-34-17/h12,16-17H,4-11,14H2,1-3H3. The van der Waals surface area contributed by atoms with Crippen LogP contribution >= 0.6 is 24.0 Å². The third kappa shape index (κ3) is 5.08. The number of amides is 1. The predicted molar refractivity (Wildman–Crippen MR) is 142 cm³/mol. The number of rotatable bonds is 6. The van der Waals surface area contributed by atoms with Crippen LogP contribution in [0.15, 0.2) is 9.70 Å². The molecule has 3 aliphatic rings. The molecule has 0 N–H and O–H groups in total. The summed E-state index contributed by atoms with van der Waals surface area (Å²) in [6.07, 6.45) is 4.78. The Hall–Kier alpha value is -2.68. The highest BCUT2D eigenvalue weighted by molar-refractivity contribution is 8.26. The lowest BCUT2D eigenvalue weighted by atomic mass is 9.95. The van der Waals surface area contributed by atoms with E-state index in [1.807, 2.05) is 11.0 Å². The Morgan fingerprint density at radius 2 is 2.03 bits per heavy atom. The van der Waals surface area contributed by atoms with Crippen molar-refractivity contribution >= 4 is 52.1 Å². The Morgan fingerprint density at radius 1 is 1.31 bits per heavy atom. The number of piperidine rings is 1. The number of hydrogen-bond acceptors (Lipinski definition) is 9. The second-order valence-corrected chi connectivity index (χ2v) is 10.8. The Bertz CT molecular complexity index is 1200. The summed E-state index contributed by atoms with van der Waals surface area (Å²) in [4.78, 5) is 42.6. The molecule has 1 amide bonds. The summed E-state index contributed by atoms with van der Waals surface area (Å²) in [6, 6.07) is 2.03. The van der Waals surface area contributed by atoms with Crippen LogP contribution in [0, 0.1) is 24.2 Å². The first-order valence-corrected chi connectivity index (χ1v) is 13.4. The minimum Gasteiger partial charge on any atom is -0.466 e. The molecule has 0 radical (unpaired) electrons. The van der Waals surface area contributed by atoms with Gasteiger partial charge in [-0.15, -0.1) is 0 Å². The highest BCUT2D eigenvalue weighted by atomic mass is 32.2. The van der Waals surface area contributed by atoms with Gasteiger partial charge >= 0.3 is 5.97 Å². The molecular formula is C25H30N4O5S2. The van der Waals surface area contributed by atoms with Gasteiger partial charge in [0, 0.05) is 32.3 Å². The van der Waals surface area contributed by atoms with E-state index in [2.05, 4.69) is 0 Å². The molecule has 3 saturated heterocycles. The summed E-state index contributed by atoms with van der Waals surface area (Å²) >= 11 is 6.72. The van der Waals surface area contributed by atoms with Crippen LogP contribution < -0.4 is 10.5 Å². The molecular weight excluding hydrogens is 500 g/mol. The normalized spacial score (nSPS) is 21.9. The fourth-order valence-electron chi connectivity index (χ4n) is 4.96. The molecule has 1 unspecified atom stereocenters. The number of thioether (sulfide) groups is 1. The molecule has 0 spiro atoms. The van der Waals surface area contributed by atoms with Gasteiger partial charge in [0.2, 0.25) is 0 Å². The minimum absolute atomic E-state index is 0.0208. The third-order valence-electron chi connectivity index (χ3n) is 6.94. The van der Waals surface area contributed by atoms with E-state index in [9.17, 15) is 19.6 Å². The van der Waals surface area contributed by atoms with Crippen LogP contribution in [0.25, 0.3) is 6.08 Å². The van der Waals surface area contributed by atoms with E-state index >= 15 is 0 Å². The van der Waals surface area contributed by atoms with Crippen molar-refractivity contribution in [2.24, 2.45) is 13.0 Å². The Kier molecular flexibility index (Phi) is 8.17. The molecule has 3 fully saturated rings. The molecule has 3 aliphatic heterocycles. The van der Waals surface area contributed by atoms with Crippen molar-refractivity contribution in [3.05, 3.63) is 31.9 Å². The van der Waals surface area contributed by atoms with Gasteiger partial charge in [0.05, 0.1) is 30.1 Å². The number of carbonyl (C=O) groups is 2. The van der Waals surface area contributed by atoms with Gasteiger partial charge in [-0.25, -0.2) is 0 Å². The Labute approximate surface area is 220 Å². The average molecular weight is 531 g/mol. The number of esters is 1. The van der Waals surface area contributed by atoms with Gasteiger partial charge < -0.3 is 14.4 Å². The van der Waals surface area contributed by atoms with Gasteiger partial charge in [0.25, 0.3) is 11.5 Å². The Balaban J connectivity index is 1.68. The highest BCUT2D eigenvalue weighted by Gasteiger charge is 2.36. The summed E-state index contributed by atoms with van der Waals surface area (Å²) < 4.78 is 12.8. The van der Waals surface area contributed by atoms with Crippen molar-refractivity contribution < 1.29 is 19.1 Å². The van der Waals surface area contributed by atoms with E-state index in [-0.39, 0.29) is 35.0 Å². The molecule has 0 aromatic carbocycles. The molecule has 1 aromatic rings. The van der Waals surface area contributed by atoms with Crippen LogP contribution in [0.1, 0.15) is 49.3 Å². The maximum absolute atomic E-state index is 13.3. The van der Waals surface area contributed by atoms with Crippen LogP contribution in [0.4, 0.5) is 5.82 Å². The zero-order chi connectivity index (χ0) is 26.0. The van der Waals surface area contributed by atoms with E-state index in [4.69, 9.17) is 21.7 Å². The van der Waals surface area contributed by atoms with E-state index in [1.54, 1.807) is 31.9 Å². The lowest BCUT2D eigenvalue weighted by Crippen LogP contribution is -2.40. The van der Waals surface area contributed by atoms with Crippen LogP contribution in [0.5, 0.6) is 0 Å². The number of carbonyl (C=O) groups excluding carboxylic acids is 2. The summed E-state index contributed by atoms with van der Waals surface area (Å²) in [6.45, 7) is 6.07. The number of ether oxygens (including phenoxy) is 2. The van der Waals surface area contributed by atoms with Crippen LogP contribution in [-0.2, 0) is 26.1 Å². The molecule has 4 heterocycles. The molecule has 1 aromatic heterocycles. The fourth-order valence-corrected chi connectivity index (χ4v) is 6.22. The molecule has 0 bridgehead atoms. The summed E-state index contributed by atoms with van der Waals surface area (Å²) in [5.41, 5.74) is 0.817. The second-order valence-electron chi connectivity index (χ2n) is 9.15. The Morgan fingerprint density at radius 3 is 2.64 bits per heavy atom. The van der Waals surface area contributed by atoms with Gasteiger partial charge in [-0.05, 0) is 51.2 Å². The number of thiocarbonyl (C=S) groups is 1.